The third-order valence-electron chi connectivity index (χ3n) is 3.19. The quantitative estimate of drug-likeness (QED) is 0.913. The van der Waals surface area contributed by atoms with E-state index in [0.29, 0.717) is 22.6 Å². The molecule has 0 aliphatic carbocycles. The molecule has 1 atom stereocenters. The molecular weight excluding hydrogens is 278 g/mol. The summed E-state index contributed by atoms with van der Waals surface area (Å²) in [5.74, 6) is 1.10. The molecule has 2 aromatic carbocycles. The Hall–Kier alpha value is -2.14. The fourth-order valence-corrected chi connectivity index (χ4v) is 2.00. The Kier molecular flexibility index (Phi) is 4.75. The Labute approximate surface area is 121 Å². The number of aliphatic hydroxyl groups excluding tert-OH is 1. The standard InChI is InChI=1S/C16H16F2O3/c1-20-13-7-12(8-14(9-13)21-2)15(19)10-3-5-11(6-4-10)16(17)18/h3-9,15-16,19H,1-2H3. The van der Waals surface area contributed by atoms with Gasteiger partial charge in [0.15, 0.2) is 0 Å². The highest BCUT2D eigenvalue weighted by atomic mass is 19.3. The summed E-state index contributed by atoms with van der Waals surface area (Å²) in [4.78, 5) is 0. The maximum atomic E-state index is 12.5. The van der Waals surface area contributed by atoms with E-state index >= 15 is 0 Å². The van der Waals surface area contributed by atoms with Crippen LogP contribution in [0.5, 0.6) is 11.5 Å². The predicted octanol–water partition coefficient (Wildman–Crippen LogP) is 3.72. The van der Waals surface area contributed by atoms with Crippen molar-refractivity contribution < 1.29 is 23.4 Å². The highest BCUT2D eigenvalue weighted by molar-refractivity contribution is 5.42. The summed E-state index contributed by atoms with van der Waals surface area (Å²) in [6, 6.07) is 10.6. The summed E-state index contributed by atoms with van der Waals surface area (Å²) >= 11 is 0. The average molecular weight is 294 g/mol. The highest BCUT2D eigenvalue weighted by Crippen LogP contribution is 2.30. The Balaban J connectivity index is 2.32. The van der Waals surface area contributed by atoms with Crippen molar-refractivity contribution in [3.63, 3.8) is 0 Å². The number of aliphatic hydroxyl groups is 1. The van der Waals surface area contributed by atoms with E-state index in [9.17, 15) is 13.9 Å². The first-order chi connectivity index (χ1) is 10.0. The van der Waals surface area contributed by atoms with Gasteiger partial charge in [-0.3, -0.25) is 0 Å². The van der Waals surface area contributed by atoms with Crippen LogP contribution in [0.2, 0.25) is 0 Å². The van der Waals surface area contributed by atoms with Gasteiger partial charge in [0.25, 0.3) is 6.43 Å². The first-order valence-corrected chi connectivity index (χ1v) is 6.34. The lowest BCUT2D eigenvalue weighted by atomic mass is 10.00. The normalized spacial score (nSPS) is 12.3. The van der Waals surface area contributed by atoms with Crippen LogP contribution in [0.15, 0.2) is 42.5 Å². The number of alkyl halides is 2. The van der Waals surface area contributed by atoms with E-state index in [1.54, 1.807) is 18.2 Å². The number of halogens is 2. The minimum Gasteiger partial charge on any atom is -0.497 e. The molecule has 0 bridgehead atoms. The van der Waals surface area contributed by atoms with E-state index < -0.39 is 12.5 Å². The van der Waals surface area contributed by atoms with Crippen LogP contribution < -0.4 is 9.47 Å². The second-order valence-corrected chi connectivity index (χ2v) is 4.52. The molecule has 0 fully saturated rings. The van der Waals surface area contributed by atoms with Crippen LogP contribution >= 0.6 is 0 Å². The first kappa shape index (κ1) is 15.3. The molecule has 0 aliphatic rings. The Morgan fingerprint density at radius 3 is 1.71 bits per heavy atom. The van der Waals surface area contributed by atoms with Crippen LogP contribution in [0.1, 0.15) is 29.2 Å². The molecule has 0 spiro atoms. The molecule has 0 saturated carbocycles. The summed E-state index contributed by atoms with van der Waals surface area (Å²) in [5.41, 5.74) is 1.01. The number of benzene rings is 2. The topological polar surface area (TPSA) is 38.7 Å². The van der Waals surface area contributed by atoms with Gasteiger partial charge in [0.2, 0.25) is 0 Å². The molecule has 112 valence electrons. The molecule has 21 heavy (non-hydrogen) atoms. The summed E-state index contributed by atoms with van der Waals surface area (Å²) in [5, 5.41) is 10.4. The Morgan fingerprint density at radius 1 is 0.810 bits per heavy atom. The predicted molar refractivity (Wildman–Crippen MR) is 75.0 cm³/mol. The highest BCUT2D eigenvalue weighted by Gasteiger charge is 2.14. The number of methoxy groups -OCH3 is 2. The van der Waals surface area contributed by atoms with E-state index in [1.807, 2.05) is 0 Å². The van der Waals surface area contributed by atoms with Crippen molar-refractivity contribution in [2.24, 2.45) is 0 Å². The number of hydrogen-bond donors (Lipinski definition) is 1. The molecule has 1 unspecified atom stereocenters. The lowest BCUT2D eigenvalue weighted by Crippen LogP contribution is -2.01. The van der Waals surface area contributed by atoms with Gasteiger partial charge in [0.1, 0.15) is 17.6 Å². The van der Waals surface area contributed by atoms with Gasteiger partial charge in [-0.2, -0.15) is 0 Å². The summed E-state index contributed by atoms with van der Waals surface area (Å²) in [6.07, 6.45) is -3.46. The molecule has 0 aliphatic heterocycles. The number of hydrogen-bond acceptors (Lipinski definition) is 3. The maximum absolute atomic E-state index is 12.5. The largest absolute Gasteiger partial charge is 0.497 e. The van der Waals surface area contributed by atoms with Crippen LogP contribution in [0.4, 0.5) is 8.78 Å². The Bertz CT molecular complexity index is 575. The van der Waals surface area contributed by atoms with Crippen LogP contribution in [-0.2, 0) is 0 Å². The van der Waals surface area contributed by atoms with Crippen LogP contribution in [0.25, 0.3) is 0 Å². The number of rotatable bonds is 5. The Morgan fingerprint density at radius 2 is 1.29 bits per heavy atom. The van der Waals surface area contributed by atoms with Gasteiger partial charge >= 0.3 is 0 Å². The second-order valence-electron chi connectivity index (χ2n) is 4.52. The minimum atomic E-state index is -2.52. The van der Waals surface area contributed by atoms with Gasteiger partial charge in [-0.15, -0.1) is 0 Å². The lowest BCUT2D eigenvalue weighted by molar-refractivity contribution is 0.151. The lowest BCUT2D eigenvalue weighted by Gasteiger charge is -2.15. The van der Waals surface area contributed by atoms with Gasteiger partial charge in [-0.25, -0.2) is 8.78 Å². The van der Waals surface area contributed by atoms with Crippen LogP contribution in [-0.4, -0.2) is 19.3 Å². The molecule has 2 rings (SSSR count). The van der Waals surface area contributed by atoms with Crippen molar-refractivity contribution in [2.75, 3.05) is 14.2 Å². The fourth-order valence-electron chi connectivity index (χ4n) is 2.00. The van der Waals surface area contributed by atoms with Gasteiger partial charge in [-0.1, -0.05) is 24.3 Å². The second kappa shape index (κ2) is 6.54. The molecule has 0 heterocycles. The first-order valence-electron chi connectivity index (χ1n) is 6.34. The zero-order valence-electron chi connectivity index (χ0n) is 11.7. The van der Waals surface area contributed by atoms with Crippen molar-refractivity contribution in [1.29, 1.82) is 0 Å². The van der Waals surface area contributed by atoms with Crippen molar-refractivity contribution in [3.05, 3.63) is 59.2 Å². The third-order valence-corrected chi connectivity index (χ3v) is 3.19. The molecule has 0 saturated heterocycles. The minimum absolute atomic E-state index is 0.0748. The summed E-state index contributed by atoms with van der Waals surface area (Å²) in [6.45, 7) is 0. The molecule has 2 aromatic rings. The molecule has 0 amide bonds. The molecule has 5 heteroatoms. The number of ether oxygens (including phenoxy) is 2. The third kappa shape index (κ3) is 3.49. The van der Waals surface area contributed by atoms with Gasteiger partial charge in [-0.05, 0) is 23.3 Å². The van der Waals surface area contributed by atoms with Crippen molar-refractivity contribution in [2.45, 2.75) is 12.5 Å². The van der Waals surface area contributed by atoms with Crippen LogP contribution in [0, 0.1) is 0 Å². The molecule has 0 aromatic heterocycles. The average Bonchev–Trinajstić information content (AvgIpc) is 2.53. The van der Waals surface area contributed by atoms with E-state index in [0.717, 1.165) is 0 Å². The van der Waals surface area contributed by atoms with Crippen LogP contribution in [0.3, 0.4) is 0 Å². The fraction of sp³-hybridized carbons (Fsp3) is 0.250. The van der Waals surface area contributed by atoms with E-state index in [4.69, 9.17) is 9.47 Å². The van der Waals surface area contributed by atoms with Crippen molar-refractivity contribution in [3.8, 4) is 11.5 Å². The van der Waals surface area contributed by atoms with Crippen molar-refractivity contribution in [1.82, 2.24) is 0 Å². The summed E-state index contributed by atoms with van der Waals surface area (Å²) < 4.78 is 35.3. The molecule has 1 N–H and O–H groups in total. The maximum Gasteiger partial charge on any atom is 0.263 e. The van der Waals surface area contributed by atoms with Gasteiger partial charge in [0.05, 0.1) is 14.2 Å². The van der Waals surface area contributed by atoms with Gasteiger partial charge in [0, 0.05) is 11.6 Å². The van der Waals surface area contributed by atoms with E-state index in [1.165, 1.54) is 38.5 Å². The van der Waals surface area contributed by atoms with Gasteiger partial charge < -0.3 is 14.6 Å². The smallest absolute Gasteiger partial charge is 0.263 e. The zero-order chi connectivity index (χ0) is 15.4. The summed E-state index contributed by atoms with van der Waals surface area (Å²) in [7, 11) is 3.03. The molecule has 3 nitrogen and oxygen atoms in total. The van der Waals surface area contributed by atoms with E-state index in [2.05, 4.69) is 0 Å². The molecule has 0 radical (unpaired) electrons. The SMILES string of the molecule is COc1cc(OC)cc(C(O)c2ccc(C(F)F)cc2)c1. The van der Waals surface area contributed by atoms with Crippen molar-refractivity contribution >= 4 is 0 Å². The van der Waals surface area contributed by atoms with E-state index in [-0.39, 0.29) is 5.56 Å². The molecular formula is C16H16F2O3. The monoisotopic (exact) mass is 294 g/mol. The zero-order valence-corrected chi connectivity index (χ0v) is 11.7.